The van der Waals surface area contributed by atoms with Gasteiger partial charge in [0.05, 0.1) is 6.10 Å². The molecule has 0 saturated heterocycles. The van der Waals surface area contributed by atoms with Crippen molar-refractivity contribution in [3.63, 3.8) is 0 Å². The van der Waals surface area contributed by atoms with E-state index in [-0.39, 0.29) is 6.10 Å². The van der Waals surface area contributed by atoms with Crippen molar-refractivity contribution in [3.8, 4) is 0 Å². The van der Waals surface area contributed by atoms with Crippen LogP contribution >= 0.6 is 0 Å². The highest BCUT2D eigenvalue weighted by atomic mass is 16.5. The van der Waals surface area contributed by atoms with Gasteiger partial charge >= 0.3 is 0 Å². The van der Waals surface area contributed by atoms with Gasteiger partial charge in [0.25, 0.3) is 0 Å². The molecule has 72 valence electrons. The predicted octanol–water partition coefficient (Wildman–Crippen LogP) is 2.42. The van der Waals surface area contributed by atoms with Crippen LogP contribution in [0, 0.1) is 5.92 Å². The highest BCUT2D eigenvalue weighted by Gasteiger charge is 2.05. The molecular weight excluding hydrogens is 152 g/mol. The maximum atomic E-state index is 10.2. The smallest absolute Gasteiger partial charge is 0.122 e. The van der Waals surface area contributed by atoms with Gasteiger partial charge < -0.3 is 9.53 Å². The quantitative estimate of drug-likeness (QED) is 0.551. The van der Waals surface area contributed by atoms with Gasteiger partial charge in [0.2, 0.25) is 0 Å². The average molecular weight is 172 g/mol. The Kier molecular flexibility index (Phi) is 7.06. The lowest BCUT2D eigenvalue weighted by molar-refractivity contribution is -0.110. The molecule has 0 rings (SSSR count). The molecule has 0 aromatic carbocycles. The third-order valence-electron chi connectivity index (χ3n) is 2.00. The first-order valence-electron chi connectivity index (χ1n) is 4.67. The van der Waals surface area contributed by atoms with E-state index in [4.69, 9.17) is 4.74 Å². The fraction of sp³-hybridized carbons (Fsp3) is 0.900. The number of hydrogen-bond donors (Lipinski definition) is 0. The monoisotopic (exact) mass is 172 g/mol. The molecule has 0 N–H and O–H groups in total. The summed E-state index contributed by atoms with van der Waals surface area (Å²) in [7, 11) is 1.67. The Hall–Kier alpha value is -0.370. The number of methoxy groups -OCH3 is 1. The van der Waals surface area contributed by atoms with Crippen molar-refractivity contribution in [2.24, 2.45) is 5.92 Å². The van der Waals surface area contributed by atoms with Crippen LogP contribution in [0.1, 0.15) is 39.5 Å². The molecule has 0 fully saturated rings. The summed E-state index contributed by atoms with van der Waals surface area (Å²) in [6, 6.07) is 0. The Bertz CT molecular complexity index is 110. The SMILES string of the molecule is COC(CC=O)CCCC(C)C. The molecule has 2 heteroatoms. The zero-order valence-electron chi connectivity index (χ0n) is 8.38. The maximum Gasteiger partial charge on any atom is 0.122 e. The third kappa shape index (κ3) is 6.35. The van der Waals surface area contributed by atoms with Gasteiger partial charge in [-0.05, 0) is 12.3 Å². The molecular formula is C10H20O2. The van der Waals surface area contributed by atoms with Crippen LogP contribution < -0.4 is 0 Å². The van der Waals surface area contributed by atoms with E-state index in [9.17, 15) is 4.79 Å². The summed E-state index contributed by atoms with van der Waals surface area (Å²) >= 11 is 0. The lowest BCUT2D eigenvalue weighted by atomic mass is 10.0. The molecule has 0 aliphatic carbocycles. The minimum atomic E-state index is 0.140. The minimum Gasteiger partial charge on any atom is -0.381 e. The predicted molar refractivity (Wildman–Crippen MR) is 50.2 cm³/mol. The van der Waals surface area contributed by atoms with Crippen molar-refractivity contribution < 1.29 is 9.53 Å². The molecule has 0 radical (unpaired) electrons. The standard InChI is InChI=1S/C10H20O2/c1-9(2)5-4-6-10(12-3)7-8-11/h8-10H,4-7H2,1-3H3. The van der Waals surface area contributed by atoms with E-state index in [1.165, 1.54) is 6.42 Å². The maximum absolute atomic E-state index is 10.2. The lowest BCUT2D eigenvalue weighted by Gasteiger charge is -2.12. The van der Waals surface area contributed by atoms with E-state index in [2.05, 4.69) is 13.8 Å². The molecule has 0 aliphatic rings. The normalized spacial score (nSPS) is 13.3. The Morgan fingerprint density at radius 3 is 2.42 bits per heavy atom. The number of carbonyl (C=O) groups is 1. The Morgan fingerprint density at radius 1 is 1.33 bits per heavy atom. The van der Waals surface area contributed by atoms with Crippen molar-refractivity contribution in [2.45, 2.75) is 45.6 Å². The third-order valence-corrected chi connectivity index (χ3v) is 2.00. The van der Waals surface area contributed by atoms with Crippen LogP contribution in [0.4, 0.5) is 0 Å². The van der Waals surface area contributed by atoms with Crippen molar-refractivity contribution in [1.82, 2.24) is 0 Å². The molecule has 2 nitrogen and oxygen atoms in total. The Balaban J connectivity index is 3.37. The van der Waals surface area contributed by atoms with Crippen LogP contribution in [0.5, 0.6) is 0 Å². The van der Waals surface area contributed by atoms with Crippen molar-refractivity contribution >= 4 is 6.29 Å². The van der Waals surface area contributed by atoms with Crippen LogP contribution in [0.2, 0.25) is 0 Å². The molecule has 1 unspecified atom stereocenters. The molecule has 0 amide bonds. The fourth-order valence-electron chi connectivity index (χ4n) is 1.19. The van der Waals surface area contributed by atoms with Gasteiger partial charge in [-0.25, -0.2) is 0 Å². The summed E-state index contributed by atoms with van der Waals surface area (Å²) in [5.41, 5.74) is 0. The number of rotatable bonds is 7. The summed E-state index contributed by atoms with van der Waals surface area (Å²) in [6.45, 7) is 4.42. The Labute approximate surface area is 75.3 Å². The highest BCUT2D eigenvalue weighted by molar-refractivity contribution is 5.50. The van der Waals surface area contributed by atoms with Gasteiger partial charge in [-0.1, -0.05) is 26.7 Å². The molecule has 0 aromatic rings. The Morgan fingerprint density at radius 2 is 2.00 bits per heavy atom. The summed E-state index contributed by atoms with van der Waals surface area (Å²) in [6.07, 6.45) is 5.00. The second-order valence-electron chi connectivity index (χ2n) is 3.58. The van der Waals surface area contributed by atoms with Crippen molar-refractivity contribution in [1.29, 1.82) is 0 Å². The second kappa shape index (κ2) is 7.29. The molecule has 12 heavy (non-hydrogen) atoms. The van der Waals surface area contributed by atoms with E-state index in [0.717, 1.165) is 25.0 Å². The largest absolute Gasteiger partial charge is 0.381 e. The minimum absolute atomic E-state index is 0.140. The van der Waals surface area contributed by atoms with Crippen LogP contribution in [-0.4, -0.2) is 19.5 Å². The van der Waals surface area contributed by atoms with E-state index in [0.29, 0.717) is 6.42 Å². The molecule has 0 spiro atoms. The molecule has 0 aliphatic heterocycles. The van der Waals surface area contributed by atoms with E-state index in [1.54, 1.807) is 7.11 Å². The fourth-order valence-corrected chi connectivity index (χ4v) is 1.19. The summed E-state index contributed by atoms with van der Waals surface area (Å²) in [5, 5.41) is 0. The van der Waals surface area contributed by atoms with Crippen molar-refractivity contribution in [2.75, 3.05) is 7.11 Å². The van der Waals surface area contributed by atoms with Gasteiger partial charge in [-0.3, -0.25) is 0 Å². The lowest BCUT2D eigenvalue weighted by Crippen LogP contribution is -2.11. The van der Waals surface area contributed by atoms with Crippen LogP contribution in [0.25, 0.3) is 0 Å². The number of aldehydes is 1. The zero-order chi connectivity index (χ0) is 9.40. The summed E-state index contributed by atoms with van der Waals surface area (Å²) in [5.74, 6) is 0.749. The first kappa shape index (κ1) is 11.6. The molecule has 0 bridgehead atoms. The van der Waals surface area contributed by atoms with E-state index < -0.39 is 0 Å². The van der Waals surface area contributed by atoms with Gasteiger partial charge in [0.15, 0.2) is 0 Å². The summed E-state index contributed by atoms with van der Waals surface area (Å²) in [4.78, 5) is 10.2. The first-order chi connectivity index (χ1) is 5.70. The van der Waals surface area contributed by atoms with Gasteiger partial charge in [-0.2, -0.15) is 0 Å². The van der Waals surface area contributed by atoms with Gasteiger partial charge in [-0.15, -0.1) is 0 Å². The highest BCUT2D eigenvalue weighted by Crippen LogP contribution is 2.11. The van der Waals surface area contributed by atoms with Crippen LogP contribution in [-0.2, 0) is 9.53 Å². The zero-order valence-corrected chi connectivity index (χ0v) is 8.38. The van der Waals surface area contributed by atoms with Gasteiger partial charge in [0.1, 0.15) is 6.29 Å². The number of carbonyl (C=O) groups excluding carboxylic acids is 1. The molecule has 0 heterocycles. The van der Waals surface area contributed by atoms with Crippen LogP contribution in [0.3, 0.4) is 0 Å². The molecule has 1 atom stereocenters. The van der Waals surface area contributed by atoms with Crippen molar-refractivity contribution in [3.05, 3.63) is 0 Å². The van der Waals surface area contributed by atoms with E-state index >= 15 is 0 Å². The summed E-state index contributed by atoms with van der Waals surface area (Å²) < 4.78 is 5.14. The number of hydrogen-bond acceptors (Lipinski definition) is 2. The topological polar surface area (TPSA) is 26.3 Å². The first-order valence-corrected chi connectivity index (χ1v) is 4.67. The number of ether oxygens (including phenoxy) is 1. The van der Waals surface area contributed by atoms with Crippen LogP contribution in [0.15, 0.2) is 0 Å². The average Bonchev–Trinajstić information content (AvgIpc) is 2.02. The van der Waals surface area contributed by atoms with E-state index in [1.807, 2.05) is 0 Å². The molecule has 0 aromatic heterocycles. The molecule has 0 saturated carbocycles. The second-order valence-corrected chi connectivity index (χ2v) is 3.58. The van der Waals surface area contributed by atoms with Gasteiger partial charge in [0, 0.05) is 13.5 Å².